The summed E-state index contributed by atoms with van der Waals surface area (Å²) in [6.07, 6.45) is 1.82. The smallest absolute Gasteiger partial charge is 0.262 e. The second kappa shape index (κ2) is 4.99. The van der Waals surface area contributed by atoms with Gasteiger partial charge in [0.05, 0.1) is 5.69 Å². The number of carbonyl (C=O) groups excluding carboxylic acids is 2. The van der Waals surface area contributed by atoms with Gasteiger partial charge in [-0.25, -0.2) is 0 Å². The standard InChI is InChI=1S/C13H15NO3/c1-2-10(15)5-3-9-4-6-12-11(7-9)14-13(16)8-17-12/h4,6-7H,2-3,5,8H2,1H3,(H,14,16). The highest BCUT2D eigenvalue weighted by molar-refractivity contribution is 5.95. The van der Waals surface area contributed by atoms with E-state index in [0.717, 1.165) is 5.56 Å². The highest BCUT2D eigenvalue weighted by atomic mass is 16.5. The largest absolute Gasteiger partial charge is 0.482 e. The van der Waals surface area contributed by atoms with E-state index in [4.69, 9.17) is 4.74 Å². The summed E-state index contributed by atoms with van der Waals surface area (Å²) < 4.78 is 5.26. The molecule has 0 radical (unpaired) electrons. The van der Waals surface area contributed by atoms with Crippen LogP contribution in [0, 0.1) is 0 Å². The minimum Gasteiger partial charge on any atom is -0.482 e. The van der Waals surface area contributed by atoms with Crippen LogP contribution in [0.3, 0.4) is 0 Å². The van der Waals surface area contributed by atoms with Crippen molar-refractivity contribution in [3.05, 3.63) is 23.8 Å². The molecule has 4 nitrogen and oxygen atoms in total. The molecule has 1 amide bonds. The van der Waals surface area contributed by atoms with Gasteiger partial charge >= 0.3 is 0 Å². The monoisotopic (exact) mass is 233 g/mol. The molecule has 0 bridgehead atoms. The molecule has 0 saturated carbocycles. The van der Waals surface area contributed by atoms with Crippen LogP contribution >= 0.6 is 0 Å². The Balaban J connectivity index is 2.07. The zero-order valence-corrected chi connectivity index (χ0v) is 9.79. The minimum absolute atomic E-state index is 0.0701. The highest BCUT2D eigenvalue weighted by Gasteiger charge is 2.15. The van der Waals surface area contributed by atoms with Gasteiger partial charge < -0.3 is 10.1 Å². The number of nitrogens with one attached hydrogen (secondary N) is 1. The van der Waals surface area contributed by atoms with Crippen molar-refractivity contribution in [3.63, 3.8) is 0 Å². The third-order valence-electron chi connectivity index (χ3n) is 2.76. The number of amides is 1. The Kier molecular flexibility index (Phi) is 3.42. The Morgan fingerprint density at radius 2 is 2.29 bits per heavy atom. The lowest BCUT2D eigenvalue weighted by Gasteiger charge is -2.18. The number of Topliss-reactive ketones (excluding diaryl/α,β-unsaturated/α-hetero) is 1. The van der Waals surface area contributed by atoms with Gasteiger partial charge in [-0.3, -0.25) is 9.59 Å². The van der Waals surface area contributed by atoms with E-state index in [1.54, 1.807) is 0 Å². The molecule has 0 unspecified atom stereocenters. The van der Waals surface area contributed by atoms with Crippen molar-refractivity contribution in [3.8, 4) is 5.75 Å². The molecule has 2 rings (SSSR count). The van der Waals surface area contributed by atoms with Gasteiger partial charge in [-0.2, -0.15) is 0 Å². The SMILES string of the molecule is CCC(=O)CCc1ccc2c(c1)NC(=O)CO2. The number of aryl methyl sites for hydroxylation is 1. The van der Waals surface area contributed by atoms with Crippen molar-refractivity contribution >= 4 is 17.4 Å². The van der Waals surface area contributed by atoms with Gasteiger partial charge in [-0.05, 0) is 24.1 Å². The summed E-state index contributed by atoms with van der Waals surface area (Å²) in [5.41, 5.74) is 1.74. The Labute approximate surface area is 100.0 Å². The Bertz CT molecular complexity index is 454. The van der Waals surface area contributed by atoms with Gasteiger partial charge in [-0.15, -0.1) is 0 Å². The average Bonchev–Trinajstić information content (AvgIpc) is 2.35. The molecule has 4 heteroatoms. The van der Waals surface area contributed by atoms with E-state index in [0.29, 0.717) is 30.7 Å². The molecular weight excluding hydrogens is 218 g/mol. The fourth-order valence-corrected chi connectivity index (χ4v) is 1.75. The number of carbonyl (C=O) groups is 2. The van der Waals surface area contributed by atoms with Crippen molar-refractivity contribution in [2.24, 2.45) is 0 Å². The summed E-state index contributed by atoms with van der Waals surface area (Å²) in [6, 6.07) is 5.63. The van der Waals surface area contributed by atoms with Crippen molar-refractivity contribution in [2.75, 3.05) is 11.9 Å². The lowest BCUT2D eigenvalue weighted by Crippen LogP contribution is -2.25. The number of hydrogen-bond acceptors (Lipinski definition) is 3. The van der Waals surface area contributed by atoms with E-state index in [1.165, 1.54) is 0 Å². The molecule has 0 aliphatic carbocycles. The van der Waals surface area contributed by atoms with E-state index in [-0.39, 0.29) is 18.3 Å². The molecule has 0 spiro atoms. The van der Waals surface area contributed by atoms with Crippen LogP contribution in [0.5, 0.6) is 5.75 Å². The normalized spacial score (nSPS) is 13.6. The van der Waals surface area contributed by atoms with Gasteiger partial charge in [0.1, 0.15) is 11.5 Å². The van der Waals surface area contributed by atoms with Crippen molar-refractivity contribution in [1.29, 1.82) is 0 Å². The summed E-state index contributed by atoms with van der Waals surface area (Å²) in [7, 11) is 0. The first kappa shape index (κ1) is 11.6. The van der Waals surface area contributed by atoms with Crippen LogP contribution in [0.25, 0.3) is 0 Å². The fraction of sp³-hybridized carbons (Fsp3) is 0.385. The number of anilines is 1. The van der Waals surface area contributed by atoms with Gasteiger partial charge in [0.25, 0.3) is 5.91 Å². The average molecular weight is 233 g/mol. The molecular formula is C13H15NO3. The van der Waals surface area contributed by atoms with E-state index >= 15 is 0 Å². The molecule has 0 saturated heterocycles. The lowest BCUT2D eigenvalue weighted by molar-refractivity contribution is -0.119. The van der Waals surface area contributed by atoms with Gasteiger partial charge in [0, 0.05) is 12.8 Å². The predicted molar refractivity (Wildman–Crippen MR) is 64.2 cm³/mol. The molecule has 1 aromatic carbocycles. The topological polar surface area (TPSA) is 55.4 Å². The maximum Gasteiger partial charge on any atom is 0.262 e. The molecule has 1 N–H and O–H groups in total. The molecule has 0 fully saturated rings. The Morgan fingerprint density at radius 3 is 3.06 bits per heavy atom. The van der Waals surface area contributed by atoms with Crippen molar-refractivity contribution in [1.82, 2.24) is 0 Å². The molecule has 0 atom stereocenters. The molecule has 90 valence electrons. The van der Waals surface area contributed by atoms with Crippen LogP contribution in [0.4, 0.5) is 5.69 Å². The van der Waals surface area contributed by atoms with Crippen LogP contribution in [0.2, 0.25) is 0 Å². The highest BCUT2D eigenvalue weighted by Crippen LogP contribution is 2.28. The van der Waals surface area contributed by atoms with Crippen LogP contribution in [0.15, 0.2) is 18.2 Å². The van der Waals surface area contributed by atoms with Crippen molar-refractivity contribution < 1.29 is 14.3 Å². The molecule has 17 heavy (non-hydrogen) atoms. The maximum absolute atomic E-state index is 11.2. The lowest BCUT2D eigenvalue weighted by atomic mass is 10.1. The van der Waals surface area contributed by atoms with E-state index < -0.39 is 0 Å². The first-order valence-electron chi connectivity index (χ1n) is 5.76. The molecule has 1 aromatic rings. The summed E-state index contributed by atoms with van der Waals surface area (Å²) in [5, 5.41) is 2.75. The van der Waals surface area contributed by atoms with Crippen molar-refractivity contribution in [2.45, 2.75) is 26.2 Å². The summed E-state index contributed by atoms with van der Waals surface area (Å²) in [5.74, 6) is 0.803. The third kappa shape index (κ3) is 2.84. The molecule has 1 heterocycles. The first-order chi connectivity index (χ1) is 8.19. The second-order valence-corrected chi connectivity index (χ2v) is 4.06. The first-order valence-corrected chi connectivity index (χ1v) is 5.76. The number of ether oxygens (including phenoxy) is 1. The number of hydrogen-bond donors (Lipinski definition) is 1. The number of rotatable bonds is 4. The van der Waals surface area contributed by atoms with E-state index in [1.807, 2.05) is 25.1 Å². The minimum atomic E-state index is -0.140. The van der Waals surface area contributed by atoms with Crippen LogP contribution in [-0.4, -0.2) is 18.3 Å². The van der Waals surface area contributed by atoms with E-state index in [2.05, 4.69) is 5.32 Å². The van der Waals surface area contributed by atoms with Crippen LogP contribution < -0.4 is 10.1 Å². The quantitative estimate of drug-likeness (QED) is 0.864. The number of fused-ring (bicyclic) bond motifs is 1. The molecule has 0 aromatic heterocycles. The fourth-order valence-electron chi connectivity index (χ4n) is 1.75. The van der Waals surface area contributed by atoms with Gasteiger partial charge in [0.15, 0.2) is 6.61 Å². The second-order valence-electron chi connectivity index (χ2n) is 4.06. The maximum atomic E-state index is 11.2. The summed E-state index contributed by atoms with van der Waals surface area (Å²) in [4.78, 5) is 22.4. The predicted octanol–water partition coefficient (Wildman–Crippen LogP) is 1.93. The third-order valence-corrected chi connectivity index (χ3v) is 2.76. The Morgan fingerprint density at radius 1 is 1.47 bits per heavy atom. The van der Waals surface area contributed by atoms with Gasteiger partial charge in [0.2, 0.25) is 0 Å². The zero-order valence-electron chi connectivity index (χ0n) is 9.79. The summed E-state index contributed by atoms with van der Waals surface area (Å²) >= 11 is 0. The Hall–Kier alpha value is -1.84. The molecule has 1 aliphatic heterocycles. The van der Waals surface area contributed by atoms with Crippen LogP contribution in [-0.2, 0) is 16.0 Å². The number of benzene rings is 1. The molecule has 1 aliphatic rings. The van der Waals surface area contributed by atoms with Crippen LogP contribution in [0.1, 0.15) is 25.3 Å². The summed E-state index contributed by atoms with van der Waals surface area (Å²) in [6.45, 7) is 1.93. The number of ketones is 1. The van der Waals surface area contributed by atoms with Gasteiger partial charge in [-0.1, -0.05) is 13.0 Å². The van der Waals surface area contributed by atoms with E-state index in [9.17, 15) is 9.59 Å². The zero-order chi connectivity index (χ0) is 12.3.